The van der Waals surface area contributed by atoms with E-state index in [4.69, 9.17) is 16.3 Å². The molecule has 3 aliphatic rings. The molecule has 0 radical (unpaired) electrons. The van der Waals surface area contributed by atoms with Gasteiger partial charge in [0, 0.05) is 28.1 Å². The summed E-state index contributed by atoms with van der Waals surface area (Å²) in [6.45, 7) is 0.821. The molecule has 0 N–H and O–H groups in total. The number of halogens is 1. The standard InChI is InChI=1S/C25H20ClNO3/c26-15-10-11-20-18(13-15)21-22(25(29)30-20)19-9-4-12-27(19)23(21)24(28)17-8-3-6-14-5-1-2-7-16(14)17/h1-3,5-8,10-11,13,19,21-23H,4,9,12H2/t19-,21-,22-,23+/m0/s1. The summed E-state index contributed by atoms with van der Waals surface area (Å²) in [5, 5.41) is 2.59. The lowest BCUT2D eigenvalue weighted by Crippen LogP contribution is -2.40. The van der Waals surface area contributed by atoms with E-state index in [0.717, 1.165) is 35.7 Å². The average molecular weight is 418 g/mol. The van der Waals surface area contributed by atoms with Gasteiger partial charge in [-0.3, -0.25) is 14.5 Å². The van der Waals surface area contributed by atoms with E-state index in [1.807, 2.05) is 48.5 Å². The molecule has 150 valence electrons. The Kier molecular flexibility index (Phi) is 4.02. The first kappa shape index (κ1) is 18.1. The number of Topliss-reactive ketones (excluding diaryl/α,β-unsaturated/α-hetero) is 1. The van der Waals surface area contributed by atoms with E-state index < -0.39 is 6.04 Å². The van der Waals surface area contributed by atoms with Crippen molar-refractivity contribution in [3.63, 3.8) is 0 Å². The highest BCUT2D eigenvalue weighted by molar-refractivity contribution is 6.30. The fourth-order valence-corrected chi connectivity index (χ4v) is 6.00. The van der Waals surface area contributed by atoms with Crippen LogP contribution in [0.25, 0.3) is 10.8 Å². The maximum Gasteiger partial charge on any atom is 0.316 e. The molecule has 0 spiro atoms. The molecular weight excluding hydrogens is 398 g/mol. The number of nitrogens with zero attached hydrogens (tertiary/aromatic N) is 1. The van der Waals surface area contributed by atoms with Crippen LogP contribution in [0.4, 0.5) is 0 Å². The number of benzene rings is 3. The number of hydrogen-bond acceptors (Lipinski definition) is 4. The largest absolute Gasteiger partial charge is 0.426 e. The van der Waals surface area contributed by atoms with Gasteiger partial charge in [0.1, 0.15) is 5.75 Å². The van der Waals surface area contributed by atoms with Crippen LogP contribution in [0, 0.1) is 5.92 Å². The molecule has 0 aliphatic carbocycles. The van der Waals surface area contributed by atoms with Crippen LogP contribution in [-0.2, 0) is 4.79 Å². The summed E-state index contributed by atoms with van der Waals surface area (Å²) in [5.41, 5.74) is 1.59. The molecule has 3 heterocycles. The first-order valence-corrected chi connectivity index (χ1v) is 10.8. The van der Waals surface area contributed by atoms with E-state index in [2.05, 4.69) is 4.90 Å². The third-order valence-electron chi connectivity index (χ3n) is 6.98. The quantitative estimate of drug-likeness (QED) is 0.340. The molecule has 3 aromatic rings. The minimum absolute atomic E-state index is 0.0403. The topological polar surface area (TPSA) is 46.6 Å². The van der Waals surface area contributed by atoms with Crippen LogP contribution in [0.1, 0.15) is 34.7 Å². The van der Waals surface area contributed by atoms with Gasteiger partial charge in [-0.05, 0) is 48.4 Å². The number of rotatable bonds is 2. The van der Waals surface area contributed by atoms with Gasteiger partial charge >= 0.3 is 5.97 Å². The molecule has 4 atom stereocenters. The van der Waals surface area contributed by atoms with E-state index in [9.17, 15) is 9.59 Å². The first-order chi connectivity index (χ1) is 14.6. The van der Waals surface area contributed by atoms with E-state index >= 15 is 0 Å². The zero-order valence-electron chi connectivity index (χ0n) is 16.3. The molecule has 3 aromatic carbocycles. The van der Waals surface area contributed by atoms with Crippen molar-refractivity contribution in [3.05, 3.63) is 76.8 Å². The smallest absolute Gasteiger partial charge is 0.316 e. The normalized spacial score (nSPS) is 27.4. The van der Waals surface area contributed by atoms with Crippen LogP contribution in [0.5, 0.6) is 5.75 Å². The fourth-order valence-electron chi connectivity index (χ4n) is 5.82. The number of carbonyl (C=O) groups excluding carboxylic acids is 2. The summed E-state index contributed by atoms with van der Waals surface area (Å²) in [6, 6.07) is 18.8. The lowest BCUT2D eigenvalue weighted by molar-refractivity contribution is -0.141. The number of ether oxygens (including phenoxy) is 1. The number of esters is 1. The monoisotopic (exact) mass is 417 g/mol. The van der Waals surface area contributed by atoms with Crippen LogP contribution in [0.3, 0.4) is 0 Å². The molecule has 4 nitrogen and oxygen atoms in total. The molecule has 0 aromatic heterocycles. The fraction of sp³-hybridized carbons (Fsp3) is 0.280. The second-order valence-electron chi connectivity index (χ2n) is 8.44. The Morgan fingerprint density at radius 2 is 1.87 bits per heavy atom. The first-order valence-electron chi connectivity index (χ1n) is 10.4. The van der Waals surface area contributed by atoms with Crippen LogP contribution in [-0.4, -0.2) is 35.3 Å². The Balaban J connectivity index is 1.53. The van der Waals surface area contributed by atoms with Gasteiger partial charge in [-0.15, -0.1) is 0 Å². The van der Waals surface area contributed by atoms with Crippen LogP contribution in [0.15, 0.2) is 60.7 Å². The zero-order chi connectivity index (χ0) is 20.4. The Bertz CT molecular complexity index is 1200. The summed E-state index contributed by atoms with van der Waals surface area (Å²) in [4.78, 5) is 29.3. The molecule has 5 heteroatoms. The van der Waals surface area contributed by atoms with Gasteiger partial charge < -0.3 is 4.74 Å². The average Bonchev–Trinajstić information content (AvgIpc) is 3.34. The minimum Gasteiger partial charge on any atom is -0.426 e. The van der Waals surface area contributed by atoms with E-state index in [1.165, 1.54) is 0 Å². The van der Waals surface area contributed by atoms with Crippen molar-refractivity contribution < 1.29 is 14.3 Å². The molecule has 0 bridgehead atoms. The zero-order valence-corrected chi connectivity index (χ0v) is 17.0. The van der Waals surface area contributed by atoms with Crippen LogP contribution < -0.4 is 4.74 Å². The Hall–Kier alpha value is -2.69. The molecule has 0 unspecified atom stereocenters. The van der Waals surface area contributed by atoms with Crippen molar-refractivity contribution in [3.8, 4) is 5.75 Å². The minimum atomic E-state index is -0.390. The molecule has 6 rings (SSSR count). The highest BCUT2D eigenvalue weighted by Gasteiger charge is 2.59. The van der Waals surface area contributed by atoms with E-state index in [1.54, 1.807) is 12.1 Å². The van der Waals surface area contributed by atoms with Gasteiger partial charge in [-0.25, -0.2) is 0 Å². The molecule has 0 amide bonds. The van der Waals surface area contributed by atoms with Crippen molar-refractivity contribution in [2.45, 2.75) is 30.8 Å². The van der Waals surface area contributed by atoms with Crippen molar-refractivity contribution in [2.75, 3.05) is 6.54 Å². The predicted octanol–water partition coefficient (Wildman–Crippen LogP) is 4.84. The second-order valence-corrected chi connectivity index (χ2v) is 8.87. The second kappa shape index (κ2) is 6.66. The maximum atomic E-state index is 14.0. The lowest BCUT2D eigenvalue weighted by Gasteiger charge is -2.31. The van der Waals surface area contributed by atoms with Gasteiger partial charge in [0.15, 0.2) is 5.78 Å². The third-order valence-corrected chi connectivity index (χ3v) is 7.21. The van der Waals surface area contributed by atoms with Crippen LogP contribution in [0.2, 0.25) is 5.02 Å². The van der Waals surface area contributed by atoms with Crippen molar-refractivity contribution >= 4 is 34.1 Å². The highest BCUT2D eigenvalue weighted by atomic mass is 35.5. The Morgan fingerprint density at radius 3 is 2.77 bits per heavy atom. The van der Waals surface area contributed by atoms with Crippen LogP contribution >= 0.6 is 11.6 Å². The van der Waals surface area contributed by atoms with E-state index in [0.29, 0.717) is 16.3 Å². The van der Waals surface area contributed by atoms with Crippen molar-refractivity contribution in [1.29, 1.82) is 0 Å². The number of carbonyl (C=O) groups is 2. The molecular formula is C25H20ClNO3. The summed E-state index contributed by atoms with van der Waals surface area (Å²) in [5.74, 6) is -0.187. The highest BCUT2D eigenvalue weighted by Crippen LogP contribution is 2.53. The maximum absolute atomic E-state index is 14.0. The molecule has 2 saturated heterocycles. The SMILES string of the molecule is O=C1Oc2ccc(Cl)cc2[C@H]2[C@@H]1[C@@H]1CCCN1[C@H]2C(=O)c1cccc2ccccc12. The number of fused-ring (bicyclic) bond motifs is 6. The molecule has 30 heavy (non-hydrogen) atoms. The summed E-state index contributed by atoms with van der Waals surface area (Å²) >= 11 is 6.31. The van der Waals surface area contributed by atoms with Crippen molar-refractivity contribution in [1.82, 2.24) is 4.90 Å². The molecule has 3 aliphatic heterocycles. The third kappa shape index (κ3) is 2.50. The lowest BCUT2D eigenvalue weighted by atomic mass is 9.76. The molecule has 2 fully saturated rings. The van der Waals surface area contributed by atoms with Gasteiger partial charge in [0.2, 0.25) is 0 Å². The molecule has 0 saturated carbocycles. The number of ketones is 1. The summed E-state index contributed by atoms with van der Waals surface area (Å²) < 4.78 is 5.68. The van der Waals surface area contributed by atoms with E-state index in [-0.39, 0.29) is 29.6 Å². The Labute approximate surface area is 179 Å². The van der Waals surface area contributed by atoms with Gasteiger partial charge in [-0.1, -0.05) is 54.1 Å². The predicted molar refractivity (Wildman–Crippen MR) is 115 cm³/mol. The number of hydrogen-bond donors (Lipinski definition) is 0. The Morgan fingerprint density at radius 1 is 1.03 bits per heavy atom. The summed E-state index contributed by atoms with van der Waals surface area (Å²) in [7, 11) is 0. The summed E-state index contributed by atoms with van der Waals surface area (Å²) in [6.07, 6.45) is 1.90. The van der Waals surface area contributed by atoms with Gasteiger partial charge in [-0.2, -0.15) is 0 Å². The van der Waals surface area contributed by atoms with Crippen molar-refractivity contribution in [2.24, 2.45) is 5.92 Å². The van der Waals surface area contributed by atoms with Gasteiger partial charge in [0.05, 0.1) is 12.0 Å². The van der Waals surface area contributed by atoms with Gasteiger partial charge in [0.25, 0.3) is 0 Å².